The van der Waals surface area contributed by atoms with Crippen LogP contribution in [0.25, 0.3) is 10.1 Å². The average Bonchev–Trinajstić information content (AvgIpc) is 2.97. The smallest absolute Gasteiger partial charge is 0.0391 e. The fourth-order valence-corrected chi connectivity index (χ4v) is 3.80. The zero-order valence-corrected chi connectivity index (χ0v) is 10.8. The molecule has 2 nitrogen and oxygen atoms in total. The Balaban J connectivity index is 1.90. The quantitative estimate of drug-likeness (QED) is 0.902. The molecule has 0 radical (unpaired) electrons. The van der Waals surface area contributed by atoms with E-state index in [0.29, 0.717) is 6.54 Å². The molecule has 0 atom stereocenters. The Labute approximate surface area is 106 Å². The number of nitrogens with zero attached hydrogens (tertiary/aromatic N) is 1. The third-order valence-electron chi connectivity index (χ3n) is 3.47. The van der Waals surface area contributed by atoms with Crippen LogP contribution in [0.1, 0.15) is 23.3 Å². The number of thiophene rings is 1. The van der Waals surface area contributed by atoms with Gasteiger partial charge >= 0.3 is 0 Å². The molecule has 1 aromatic carbocycles. The average molecular weight is 246 g/mol. The third kappa shape index (κ3) is 2.23. The molecule has 2 N–H and O–H groups in total. The second-order valence-corrected chi connectivity index (χ2v) is 5.87. The lowest BCUT2D eigenvalue weighted by molar-refractivity contribution is 0.334. The summed E-state index contributed by atoms with van der Waals surface area (Å²) in [5.74, 6) is 0. The van der Waals surface area contributed by atoms with Crippen LogP contribution in [0.5, 0.6) is 0 Å². The highest BCUT2D eigenvalue weighted by Crippen LogP contribution is 2.30. The van der Waals surface area contributed by atoms with E-state index in [1.807, 2.05) is 11.3 Å². The van der Waals surface area contributed by atoms with Crippen LogP contribution in [0.15, 0.2) is 24.3 Å². The van der Waals surface area contributed by atoms with Crippen LogP contribution in [0.2, 0.25) is 0 Å². The molecular formula is C14H18N2S. The van der Waals surface area contributed by atoms with E-state index in [1.54, 1.807) is 0 Å². The van der Waals surface area contributed by atoms with E-state index >= 15 is 0 Å². The first-order chi connectivity index (χ1) is 8.36. The number of benzene rings is 1. The van der Waals surface area contributed by atoms with Crippen molar-refractivity contribution >= 4 is 21.4 Å². The van der Waals surface area contributed by atoms with Gasteiger partial charge in [-0.3, -0.25) is 4.90 Å². The van der Waals surface area contributed by atoms with Gasteiger partial charge in [-0.15, -0.1) is 11.3 Å². The van der Waals surface area contributed by atoms with E-state index in [2.05, 4.69) is 29.2 Å². The van der Waals surface area contributed by atoms with E-state index < -0.39 is 0 Å². The lowest BCUT2D eigenvalue weighted by Gasteiger charge is -2.12. The molecule has 0 saturated carbocycles. The summed E-state index contributed by atoms with van der Waals surface area (Å²) in [5.41, 5.74) is 7.06. The zero-order valence-electron chi connectivity index (χ0n) is 9.98. The van der Waals surface area contributed by atoms with Gasteiger partial charge in [0.2, 0.25) is 0 Å². The molecule has 0 bridgehead atoms. The summed E-state index contributed by atoms with van der Waals surface area (Å²) in [6, 6.07) is 8.77. The molecule has 3 rings (SSSR count). The highest BCUT2D eigenvalue weighted by atomic mass is 32.1. The van der Waals surface area contributed by atoms with Gasteiger partial charge in [-0.1, -0.05) is 18.2 Å². The van der Waals surface area contributed by atoms with Gasteiger partial charge in [0.05, 0.1) is 0 Å². The summed E-state index contributed by atoms with van der Waals surface area (Å²) in [6.07, 6.45) is 2.72. The van der Waals surface area contributed by atoms with E-state index in [4.69, 9.17) is 5.73 Å². The van der Waals surface area contributed by atoms with Crippen LogP contribution in [0, 0.1) is 0 Å². The van der Waals surface area contributed by atoms with Crippen molar-refractivity contribution in [1.29, 1.82) is 0 Å². The molecule has 0 unspecified atom stereocenters. The maximum absolute atomic E-state index is 5.79. The van der Waals surface area contributed by atoms with Crippen molar-refractivity contribution < 1.29 is 0 Å². The molecule has 90 valence electrons. The minimum Gasteiger partial charge on any atom is -0.326 e. The highest BCUT2D eigenvalue weighted by molar-refractivity contribution is 7.19. The number of likely N-dealkylation sites (tertiary alicyclic amines) is 1. The van der Waals surface area contributed by atoms with Gasteiger partial charge in [0, 0.05) is 22.7 Å². The van der Waals surface area contributed by atoms with Crippen molar-refractivity contribution in [2.45, 2.75) is 25.9 Å². The van der Waals surface area contributed by atoms with Gasteiger partial charge in [0.25, 0.3) is 0 Å². The Morgan fingerprint density at radius 1 is 1.24 bits per heavy atom. The predicted octanol–water partition coefficient (Wildman–Crippen LogP) is 2.96. The summed E-state index contributed by atoms with van der Waals surface area (Å²) in [7, 11) is 0. The topological polar surface area (TPSA) is 29.3 Å². The SMILES string of the molecule is NCc1cccc2cc(CN3CCCC3)sc12. The molecule has 0 aliphatic carbocycles. The Morgan fingerprint density at radius 2 is 2.06 bits per heavy atom. The Hall–Kier alpha value is -0.900. The maximum Gasteiger partial charge on any atom is 0.0391 e. The summed E-state index contributed by atoms with van der Waals surface area (Å²) >= 11 is 1.91. The lowest BCUT2D eigenvalue weighted by Crippen LogP contribution is -2.17. The van der Waals surface area contributed by atoms with Crippen molar-refractivity contribution in [1.82, 2.24) is 4.90 Å². The van der Waals surface area contributed by atoms with Crippen LogP contribution in [0.3, 0.4) is 0 Å². The number of hydrogen-bond acceptors (Lipinski definition) is 3. The molecule has 1 saturated heterocycles. The normalized spacial score (nSPS) is 17.0. The first kappa shape index (κ1) is 11.2. The van der Waals surface area contributed by atoms with Crippen LogP contribution in [-0.2, 0) is 13.1 Å². The first-order valence-corrected chi connectivity index (χ1v) is 7.11. The highest BCUT2D eigenvalue weighted by Gasteiger charge is 2.13. The fraction of sp³-hybridized carbons (Fsp3) is 0.429. The molecule has 1 aromatic heterocycles. The molecular weight excluding hydrogens is 228 g/mol. The lowest BCUT2D eigenvalue weighted by atomic mass is 10.1. The molecule has 3 heteroatoms. The third-order valence-corrected chi connectivity index (χ3v) is 4.69. The van der Waals surface area contributed by atoms with Crippen molar-refractivity contribution in [3.63, 3.8) is 0 Å². The standard InChI is InChI=1S/C14H18N2S/c15-9-12-5-3-4-11-8-13(17-14(11)12)10-16-6-1-2-7-16/h3-5,8H,1-2,6-7,9-10,15H2. The van der Waals surface area contributed by atoms with Gasteiger partial charge in [-0.05, 0) is 42.9 Å². The molecule has 0 spiro atoms. The van der Waals surface area contributed by atoms with Crippen molar-refractivity contribution in [3.05, 3.63) is 34.7 Å². The van der Waals surface area contributed by atoms with Crippen LogP contribution >= 0.6 is 11.3 Å². The van der Waals surface area contributed by atoms with Crippen molar-refractivity contribution in [2.75, 3.05) is 13.1 Å². The molecule has 0 amide bonds. The minimum absolute atomic E-state index is 0.640. The van der Waals surface area contributed by atoms with Crippen LogP contribution < -0.4 is 5.73 Å². The van der Waals surface area contributed by atoms with E-state index in [-0.39, 0.29) is 0 Å². The Bertz CT molecular complexity index is 512. The minimum atomic E-state index is 0.640. The van der Waals surface area contributed by atoms with Crippen molar-refractivity contribution in [3.8, 4) is 0 Å². The van der Waals surface area contributed by atoms with Crippen LogP contribution in [0.4, 0.5) is 0 Å². The van der Waals surface area contributed by atoms with Gasteiger partial charge in [-0.25, -0.2) is 0 Å². The predicted molar refractivity (Wildman–Crippen MR) is 74.2 cm³/mol. The molecule has 17 heavy (non-hydrogen) atoms. The largest absolute Gasteiger partial charge is 0.326 e. The van der Waals surface area contributed by atoms with E-state index in [1.165, 1.54) is 46.5 Å². The monoisotopic (exact) mass is 246 g/mol. The first-order valence-electron chi connectivity index (χ1n) is 6.29. The fourth-order valence-electron chi connectivity index (χ4n) is 2.58. The number of fused-ring (bicyclic) bond motifs is 1. The number of hydrogen-bond donors (Lipinski definition) is 1. The van der Waals surface area contributed by atoms with Crippen LogP contribution in [-0.4, -0.2) is 18.0 Å². The number of nitrogens with two attached hydrogens (primary N) is 1. The summed E-state index contributed by atoms with van der Waals surface area (Å²) in [4.78, 5) is 4.02. The molecule has 1 fully saturated rings. The molecule has 1 aliphatic heterocycles. The van der Waals surface area contributed by atoms with E-state index in [0.717, 1.165) is 6.54 Å². The second-order valence-electron chi connectivity index (χ2n) is 4.74. The van der Waals surface area contributed by atoms with Gasteiger partial charge in [0.15, 0.2) is 0 Å². The zero-order chi connectivity index (χ0) is 11.7. The summed E-state index contributed by atoms with van der Waals surface area (Å²) < 4.78 is 1.38. The van der Waals surface area contributed by atoms with E-state index in [9.17, 15) is 0 Å². The van der Waals surface area contributed by atoms with Gasteiger partial charge < -0.3 is 5.73 Å². The van der Waals surface area contributed by atoms with Gasteiger partial charge in [0.1, 0.15) is 0 Å². The maximum atomic E-state index is 5.79. The summed E-state index contributed by atoms with van der Waals surface area (Å²) in [6.45, 7) is 4.28. The second kappa shape index (κ2) is 4.77. The molecule has 1 aliphatic rings. The summed E-state index contributed by atoms with van der Waals surface area (Å²) in [5, 5.41) is 1.35. The Kier molecular flexibility index (Phi) is 3.14. The van der Waals surface area contributed by atoms with Gasteiger partial charge in [-0.2, -0.15) is 0 Å². The van der Waals surface area contributed by atoms with Crippen molar-refractivity contribution in [2.24, 2.45) is 5.73 Å². The number of rotatable bonds is 3. The Morgan fingerprint density at radius 3 is 2.82 bits per heavy atom. The molecule has 2 aromatic rings. The molecule has 2 heterocycles.